The molecule has 140 valence electrons. The van der Waals surface area contributed by atoms with Crippen molar-refractivity contribution < 1.29 is 9.21 Å². The summed E-state index contributed by atoms with van der Waals surface area (Å²) in [6.45, 7) is 2.74. The number of nitrogens with zero attached hydrogens (tertiary/aromatic N) is 4. The number of benzene rings is 1. The van der Waals surface area contributed by atoms with Gasteiger partial charge in [0.15, 0.2) is 0 Å². The van der Waals surface area contributed by atoms with E-state index < -0.39 is 0 Å². The van der Waals surface area contributed by atoms with Gasteiger partial charge in [-0.3, -0.25) is 10.1 Å². The number of aryl methyl sites for hydroxylation is 1. The van der Waals surface area contributed by atoms with Crippen LogP contribution in [0, 0.1) is 0 Å². The first kappa shape index (κ1) is 19.1. The third kappa shape index (κ3) is 5.18. The highest BCUT2D eigenvalue weighted by atomic mass is 35.5. The molecule has 0 bridgehead atoms. The van der Waals surface area contributed by atoms with E-state index in [0.29, 0.717) is 28.1 Å². The van der Waals surface area contributed by atoms with Gasteiger partial charge in [-0.15, -0.1) is 5.10 Å². The fourth-order valence-corrected chi connectivity index (χ4v) is 2.78. The van der Waals surface area contributed by atoms with Crippen LogP contribution in [0.5, 0.6) is 0 Å². The van der Waals surface area contributed by atoms with Gasteiger partial charge in [-0.05, 0) is 48.0 Å². The number of amides is 1. The monoisotopic (exact) mass is 405 g/mol. The largest absolute Gasteiger partial charge is 0.457 e. The van der Waals surface area contributed by atoms with Gasteiger partial charge in [0.25, 0.3) is 11.9 Å². The van der Waals surface area contributed by atoms with Crippen LogP contribution in [0.15, 0.2) is 40.8 Å². The van der Waals surface area contributed by atoms with Crippen molar-refractivity contribution in [3.63, 3.8) is 0 Å². The van der Waals surface area contributed by atoms with Crippen molar-refractivity contribution in [1.82, 2.24) is 20.2 Å². The van der Waals surface area contributed by atoms with E-state index in [-0.39, 0.29) is 11.9 Å². The van der Waals surface area contributed by atoms with Crippen LogP contribution >= 0.6 is 23.2 Å². The Labute approximate surface area is 166 Å². The second kappa shape index (κ2) is 8.83. The number of carbonyl (C=O) groups is 1. The van der Waals surface area contributed by atoms with Crippen LogP contribution < -0.4 is 5.32 Å². The topological polar surface area (TPSA) is 85.8 Å². The summed E-state index contributed by atoms with van der Waals surface area (Å²) in [6, 6.07) is 8.66. The minimum atomic E-state index is -0.382. The van der Waals surface area contributed by atoms with Crippen LogP contribution in [0.3, 0.4) is 0 Å². The molecule has 27 heavy (non-hydrogen) atoms. The van der Waals surface area contributed by atoms with Gasteiger partial charge in [-0.25, -0.2) is 0 Å². The summed E-state index contributed by atoms with van der Waals surface area (Å²) in [5.74, 6) is 0.865. The highest BCUT2D eigenvalue weighted by Gasteiger charge is 2.09. The molecule has 0 saturated carbocycles. The summed E-state index contributed by atoms with van der Waals surface area (Å²) in [5.41, 5.74) is 0.720. The normalized spacial score (nSPS) is 11.2. The predicted octanol–water partition coefficient (Wildman–Crippen LogP) is 4.69. The quantitative estimate of drug-likeness (QED) is 0.576. The highest BCUT2D eigenvalue weighted by Crippen LogP contribution is 2.31. The molecule has 1 aromatic carbocycles. The van der Waals surface area contributed by atoms with E-state index in [9.17, 15) is 4.79 Å². The molecular weight excluding hydrogens is 389 g/mol. The van der Waals surface area contributed by atoms with E-state index in [2.05, 4.69) is 27.7 Å². The lowest BCUT2D eigenvalue weighted by molar-refractivity contribution is -0.111. The summed E-state index contributed by atoms with van der Waals surface area (Å²) in [7, 11) is 0. The lowest BCUT2D eigenvalue weighted by atomic mass is 10.2. The van der Waals surface area contributed by atoms with Gasteiger partial charge < -0.3 is 4.42 Å². The predicted molar refractivity (Wildman–Crippen MR) is 105 cm³/mol. The van der Waals surface area contributed by atoms with E-state index in [1.165, 1.54) is 10.9 Å². The Balaban J connectivity index is 1.61. The number of furan rings is 1. The number of rotatable bonds is 7. The molecule has 3 rings (SSSR count). The lowest BCUT2D eigenvalue weighted by Gasteiger charge is -2.00. The Morgan fingerprint density at radius 1 is 1.30 bits per heavy atom. The zero-order valence-corrected chi connectivity index (χ0v) is 16.0. The summed E-state index contributed by atoms with van der Waals surface area (Å²) < 4.78 is 5.70. The summed E-state index contributed by atoms with van der Waals surface area (Å²) in [4.78, 5) is 13.4. The molecule has 0 spiro atoms. The van der Waals surface area contributed by atoms with Crippen molar-refractivity contribution >= 4 is 41.1 Å². The van der Waals surface area contributed by atoms with E-state index >= 15 is 0 Å². The maximum Gasteiger partial charge on any atom is 0.270 e. The SMILES string of the molecule is CCCCn1nnc(NC(=O)C=Cc2ccc(-c3ccc(Cl)cc3Cl)o2)n1. The molecule has 9 heteroatoms. The fourth-order valence-electron chi connectivity index (χ4n) is 2.27. The number of aromatic nitrogens is 4. The molecule has 2 heterocycles. The van der Waals surface area contributed by atoms with Gasteiger partial charge in [0, 0.05) is 16.7 Å². The molecule has 1 N–H and O–H groups in total. The van der Waals surface area contributed by atoms with Gasteiger partial charge in [0.05, 0.1) is 11.6 Å². The van der Waals surface area contributed by atoms with Crippen LogP contribution in [0.2, 0.25) is 10.0 Å². The Morgan fingerprint density at radius 3 is 2.93 bits per heavy atom. The van der Waals surface area contributed by atoms with Gasteiger partial charge in [-0.1, -0.05) is 41.6 Å². The van der Waals surface area contributed by atoms with Crippen LogP contribution in [-0.2, 0) is 11.3 Å². The molecule has 7 nitrogen and oxygen atoms in total. The van der Waals surface area contributed by atoms with Crippen LogP contribution in [0.25, 0.3) is 17.4 Å². The van der Waals surface area contributed by atoms with Gasteiger partial charge in [0.2, 0.25) is 0 Å². The first-order valence-corrected chi connectivity index (χ1v) is 9.13. The van der Waals surface area contributed by atoms with E-state index in [1.807, 2.05) is 0 Å². The van der Waals surface area contributed by atoms with E-state index in [1.54, 1.807) is 36.4 Å². The first-order chi connectivity index (χ1) is 13.0. The Kier molecular flexibility index (Phi) is 6.26. The van der Waals surface area contributed by atoms with Crippen molar-refractivity contribution in [3.8, 4) is 11.3 Å². The van der Waals surface area contributed by atoms with Crippen LogP contribution in [-0.4, -0.2) is 26.1 Å². The number of unbranched alkanes of at least 4 members (excludes halogenated alkanes) is 1. The van der Waals surface area contributed by atoms with E-state index in [4.69, 9.17) is 27.6 Å². The minimum Gasteiger partial charge on any atom is -0.457 e. The van der Waals surface area contributed by atoms with Gasteiger partial charge >= 0.3 is 0 Å². The van der Waals surface area contributed by atoms with Gasteiger partial charge in [0.1, 0.15) is 11.5 Å². The number of hydrogen-bond acceptors (Lipinski definition) is 5. The second-order valence-corrected chi connectivity index (χ2v) is 6.55. The standard InChI is InChI=1S/C18H17Cl2N5O2/c1-2-3-10-25-23-18(22-24-25)21-17(26)9-6-13-5-8-16(27-13)14-7-4-12(19)11-15(14)20/h4-9,11H,2-3,10H2,1H3,(H,21,23,26). The van der Waals surface area contributed by atoms with E-state index in [0.717, 1.165) is 18.4 Å². The Morgan fingerprint density at radius 2 is 2.15 bits per heavy atom. The summed E-state index contributed by atoms with van der Waals surface area (Å²) in [6.07, 6.45) is 4.85. The van der Waals surface area contributed by atoms with Crippen LogP contribution in [0.1, 0.15) is 25.5 Å². The lowest BCUT2D eigenvalue weighted by Crippen LogP contribution is -2.10. The van der Waals surface area contributed by atoms with Gasteiger partial charge in [-0.2, -0.15) is 4.80 Å². The summed E-state index contributed by atoms with van der Waals surface area (Å²) >= 11 is 12.1. The third-order valence-corrected chi connectivity index (χ3v) is 4.17. The molecule has 0 unspecified atom stereocenters. The molecule has 0 aliphatic rings. The maximum absolute atomic E-state index is 12.0. The van der Waals surface area contributed by atoms with Crippen molar-refractivity contribution in [3.05, 3.63) is 52.2 Å². The highest BCUT2D eigenvalue weighted by molar-refractivity contribution is 6.36. The second-order valence-electron chi connectivity index (χ2n) is 5.71. The number of anilines is 1. The number of carbonyl (C=O) groups excluding carboxylic acids is 1. The number of tetrazole rings is 1. The fraction of sp³-hybridized carbons (Fsp3) is 0.222. The average molecular weight is 406 g/mol. The molecule has 2 aromatic heterocycles. The Hall–Kier alpha value is -2.64. The average Bonchev–Trinajstić information content (AvgIpc) is 3.28. The zero-order valence-electron chi connectivity index (χ0n) is 14.5. The minimum absolute atomic E-state index is 0.161. The molecule has 0 aliphatic carbocycles. The smallest absolute Gasteiger partial charge is 0.270 e. The van der Waals surface area contributed by atoms with Crippen molar-refractivity contribution in [1.29, 1.82) is 0 Å². The maximum atomic E-state index is 12.0. The first-order valence-electron chi connectivity index (χ1n) is 8.37. The third-order valence-electron chi connectivity index (χ3n) is 3.62. The molecule has 1 amide bonds. The molecule has 0 atom stereocenters. The Bertz CT molecular complexity index is 964. The molecule has 0 fully saturated rings. The molecule has 0 saturated heterocycles. The number of halogens is 2. The molecule has 0 radical (unpaired) electrons. The van der Waals surface area contributed by atoms with Crippen molar-refractivity contribution in [2.45, 2.75) is 26.3 Å². The zero-order chi connectivity index (χ0) is 19.2. The van der Waals surface area contributed by atoms with Crippen molar-refractivity contribution in [2.75, 3.05) is 5.32 Å². The number of nitrogens with one attached hydrogen (secondary N) is 1. The molecular formula is C18H17Cl2N5O2. The van der Waals surface area contributed by atoms with Crippen molar-refractivity contribution in [2.24, 2.45) is 0 Å². The van der Waals surface area contributed by atoms with Crippen LogP contribution in [0.4, 0.5) is 5.95 Å². The number of hydrogen-bond donors (Lipinski definition) is 1. The molecule has 3 aromatic rings. The molecule has 0 aliphatic heterocycles. The summed E-state index contributed by atoms with van der Waals surface area (Å²) in [5, 5.41) is 15.3.